The molecule has 2 aromatic rings. The summed E-state index contributed by atoms with van der Waals surface area (Å²) in [7, 11) is 0. The number of oxime groups is 1. The number of amidine groups is 1. The van der Waals surface area contributed by atoms with Crippen LogP contribution in [0.3, 0.4) is 0 Å². The molecule has 0 amide bonds. The van der Waals surface area contributed by atoms with Gasteiger partial charge in [-0.05, 0) is 34.1 Å². The van der Waals surface area contributed by atoms with Crippen LogP contribution in [-0.4, -0.2) is 11.0 Å². The molecular formula is C13H8BrCl3N2O2. The molecule has 0 aromatic heterocycles. The first-order valence-electron chi connectivity index (χ1n) is 5.52. The fraction of sp³-hybridized carbons (Fsp3) is 0. The van der Waals surface area contributed by atoms with Crippen LogP contribution in [0.25, 0.3) is 0 Å². The van der Waals surface area contributed by atoms with Crippen LogP contribution in [0, 0.1) is 0 Å². The number of nitrogens with zero attached hydrogens (tertiary/aromatic N) is 1. The van der Waals surface area contributed by atoms with Gasteiger partial charge in [-0.1, -0.05) is 40.0 Å². The van der Waals surface area contributed by atoms with Crippen LogP contribution in [0.15, 0.2) is 40.0 Å². The largest absolute Gasteiger partial charge is 0.455 e. The highest BCUT2D eigenvalue weighted by atomic mass is 79.9. The van der Waals surface area contributed by atoms with Gasteiger partial charge >= 0.3 is 0 Å². The number of hydrogen-bond acceptors (Lipinski definition) is 3. The molecule has 0 unspecified atom stereocenters. The summed E-state index contributed by atoms with van der Waals surface area (Å²) in [5.74, 6) is 0.498. The molecule has 0 spiro atoms. The lowest BCUT2D eigenvalue weighted by Crippen LogP contribution is -2.14. The molecule has 0 bridgehead atoms. The number of halogens is 4. The fourth-order valence-electron chi connectivity index (χ4n) is 1.55. The lowest BCUT2D eigenvalue weighted by Gasteiger charge is -2.12. The second-order valence-corrected chi connectivity index (χ2v) is 6.03. The molecule has 2 rings (SSSR count). The number of benzene rings is 2. The second kappa shape index (κ2) is 6.75. The monoisotopic (exact) mass is 408 g/mol. The fourth-order valence-corrected chi connectivity index (χ4v) is 2.54. The summed E-state index contributed by atoms with van der Waals surface area (Å²) in [6, 6.07) is 7.85. The van der Waals surface area contributed by atoms with Gasteiger partial charge < -0.3 is 15.7 Å². The van der Waals surface area contributed by atoms with Crippen LogP contribution >= 0.6 is 50.7 Å². The zero-order chi connectivity index (χ0) is 15.6. The first-order valence-corrected chi connectivity index (χ1v) is 7.45. The Balaban J connectivity index is 2.49. The summed E-state index contributed by atoms with van der Waals surface area (Å²) in [4.78, 5) is 0. The molecule has 2 aromatic carbocycles. The van der Waals surface area contributed by atoms with E-state index >= 15 is 0 Å². The minimum atomic E-state index is -0.110. The minimum absolute atomic E-state index is 0.110. The van der Waals surface area contributed by atoms with Gasteiger partial charge in [0.2, 0.25) is 0 Å². The van der Waals surface area contributed by atoms with Gasteiger partial charge in [0.1, 0.15) is 11.5 Å². The van der Waals surface area contributed by atoms with Crippen LogP contribution < -0.4 is 10.5 Å². The van der Waals surface area contributed by atoms with E-state index in [1.807, 2.05) is 0 Å². The molecule has 0 aliphatic carbocycles. The molecule has 0 aliphatic heterocycles. The standard InChI is InChI=1S/C13H8BrCl3N2O2/c14-8-4-10(17)12(5-9(8)16)21-11-3-6(15)1-2-7(11)13(18)19-20/h1-5,20H,(H2,18,19). The Morgan fingerprint density at radius 3 is 2.48 bits per heavy atom. The van der Waals surface area contributed by atoms with Crippen LogP contribution in [0.1, 0.15) is 5.56 Å². The van der Waals surface area contributed by atoms with Crippen LogP contribution in [0.4, 0.5) is 0 Å². The van der Waals surface area contributed by atoms with Crippen molar-refractivity contribution in [3.8, 4) is 11.5 Å². The molecule has 3 N–H and O–H groups in total. The van der Waals surface area contributed by atoms with Crippen molar-refractivity contribution in [2.75, 3.05) is 0 Å². The maximum absolute atomic E-state index is 8.80. The Morgan fingerprint density at radius 1 is 1.10 bits per heavy atom. The minimum Gasteiger partial charge on any atom is -0.455 e. The van der Waals surface area contributed by atoms with Crippen LogP contribution in [-0.2, 0) is 0 Å². The molecule has 0 aliphatic rings. The van der Waals surface area contributed by atoms with Crippen LogP contribution in [0.2, 0.25) is 15.1 Å². The summed E-state index contributed by atoms with van der Waals surface area (Å²) in [5.41, 5.74) is 5.97. The molecule has 0 saturated carbocycles. The van der Waals surface area contributed by atoms with E-state index in [4.69, 9.17) is 50.5 Å². The molecule has 4 nitrogen and oxygen atoms in total. The number of rotatable bonds is 3. The molecule has 0 radical (unpaired) electrons. The third-order valence-electron chi connectivity index (χ3n) is 2.52. The Kier molecular flexibility index (Phi) is 5.22. The van der Waals surface area contributed by atoms with E-state index in [0.717, 1.165) is 0 Å². The van der Waals surface area contributed by atoms with Crippen molar-refractivity contribution in [1.29, 1.82) is 0 Å². The van der Waals surface area contributed by atoms with Crippen molar-refractivity contribution < 1.29 is 9.94 Å². The average Bonchev–Trinajstić information content (AvgIpc) is 2.44. The molecule has 0 heterocycles. The summed E-state index contributed by atoms with van der Waals surface area (Å²) in [6.07, 6.45) is 0. The van der Waals surface area contributed by atoms with E-state index in [2.05, 4.69) is 21.1 Å². The lowest BCUT2D eigenvalue weighted by atomic mass is 10.2. The van der Waals surface area contributed by atoms with Gasteiger partial charge in [-0.2, -0.15) is 0 Å². The first kappa shape index (κ1) is 16.2. The molecule has 0 saturated heterocycles. The van der Waals surface area contributed by atoms with E-state index in [-0.39, 0.29) is 11.6 Å². The molecule has 0 fully saturated rings. The van der Waals surface area contributed by atoms with Crippen molar-refractivity contribution in [2.24, 2.45) is 10.9 Å². The van der Waals surface area contributed by atoms with Gasteiger partial charge in [0.15, 0.2) is 5.84 Å². The van der Waals surface area contributed by atoms with E-state index in [1.165, 1.54) is 6.07 Å². The summed E-state index contributed by atoms with van der Waals surface area (Å²) in [5, 5.41) is 13.0. The number of hydrogen-bond donors (Lipinski definition) is 2. The highest BCUT2D eigenvalue weighted by molar-refractivity contribution is 9.10. The smallest absolute Gasteiger partial charge is 0.173 e. The molecule has 110 valence electrons. The van der Waals surface area contributed by atoms with Gasteiger partial charge in [-0.15, -0.1) is 0 Å². The molecule has 21 heavy (non-hydrogen) atoms. The molecule has 0 atom stereocenters. The van der Waals surface area contributed by atoms with E-state index in [9.17, 15) is 0 Å². The van der Waals surface area contributed by atoms with E-state index in [0.29, 0.717) is 30.9 Å². The maximum atomic E-state index is 8.80. The zero-order valence-corrected chi connectivity index (χ0v) is 14.1. The van der Waals surface area contributed by atoms with Crippen molar-refractivity contribution in [3.63, 3.8) is 0 Å². The predicted molar refractivity (Wildman–Crippen MR) is 88.2 cm³/mol. The number of ether oxygens (including phenoxy) is 1. The Bertz CT molecular complexity index is 723. The lowest BCUT2D eigenvalue weighted by molar-refractivity contribution is 0.318. The summed E-state index contributed by atoms with van der Waals surface area (Å²) >= 11 is 21.3. The van der Waals surface area contributed by atoms with Gasteiger partial charge in [-0.3, -0.25) is 0 Å². The van der Waals surface area contributed by atoms with E-state index in [1.54, 1.807) is 24.3 Å². The van der Waals surface area contributed by atoms with Crippen molar-refractivity contribution in [3.05, 3.63) is 55.4 Å². The Morgan fingerprint density at radius 2 is 1.81 bits per heavy atom. The molecular weight excluding hydrogens is 402 g/mol. The Labute approximate surface area is 144 Å². The third-order valence-corrected chi connectivity index (χ3v) is 4.25. The van der Waals surface area contributed by atoms with E-state index < -0.39 is 0 Å². The summed E-state index contributed by atoms with van der Waals surface area (Å²) < 4.78 is 6.33. The van der Waals surface area contributed by atoms with Crippen LogP contribution in [0.5, 0.6) is 11.5 Å². The van der Waals surface area contributed by atoms with Gasteiger partial charge in [0.05, 0.1) is 15.6 Å². The summed E-state index contributed by atoms with van der Waals surface area (Å²) in [6.45, 7) is 0. The molecule has 8 heteroatoms. The van der Waals surface area contributed by atoms with Gasteiger partial charge in [0.25, 0.3) is 0 Å². The maximum Gasteiger partial charge on any atom is 0.173 e. The van der Waals surface area contributed by atoms with Crippen molar-refractivity contribution >= 4 is 56.6 Å². The zero-order valence-electron chi connectivity index (χ0n) is 10.3. The highest BCUT2D eigenvalue weighted by Crippen LogP contribution is 2.38. The average molecular weight is 410 g/mol. The highest BCUT2D eigenvalue weighted by Gasteiger charge is 2.13. The topological polar surface area (TPSA) is 67.8 Å². The quantitative estimate of drug-likeness (QED) is 0.237. The van der Waals surface area contributed by atoms with Crippen molar-refractivity contribution in [2.45, 2.75) is 0 Å². The van der Waals surface area contributed by atoms with Gasteiger partial charge in [-0.25, -0.2) is 0 Å². The Hall–Kier alpha value is -1.14. The van der Waals surface area contributed by atoms with Gasteiger partial charge in [0, 0.05) is 21.6 Å². The SMILES string of the molecule is N/C(=N/O)c1ccc(Cl)cc1Oc1cc(Cl)c(Br)cc1Cl. The normalized spacial score (nSPS) is 11.5. The second-order valence-electron chi connectivity index (χ2n) is 3.92. The first-order chi connectivity index (χ1) is 9.92. The van der Waals surface area contributed by atoms with Crippen molar-refractivity contribution in [1.82, 2.24) is 0 Å². The number of nitrogens with two attached hydrogens (primary N) is 1. The predicted octanol–water partition coefficient (Wildman–Crippen LogP) is 5.30. The third kappa shape index (κ3) is 3.74.